The Morgan fingerprint density at radius 2 is 2.00 bits per heavy atom. The predicted molar refractivity (Wildman–Crippen MR) is 74.3 cm³/mol. The van der Waals surface area contributed by atoms with Gasteiger partial charge in [-0.1, -0.05) is 0 Å². The van der Waals surface area contributed by atoms with Crippen LogP contribution in [0.25, 0.3) is 11.0 Å². The molecule has 6 nitrogen and oxygen atoms in total. The lowest BCUT2D eigenvalue weighted by Crippen LogP contribution is -2.26. The summed E-state index contributed by atoms with van der Waals surface area (Å²) in [5, 5.41) is -1.30. The number of carbonyl (C=O) groups is 1. The van der Waals surface area contributed by atoms with E-state index in [-0.39, 0.29) is 13.0 Å². The number of aromatic amines is 2. The van der Waals surface area contributed by atoms with E-state index in [9.17, 15) is 17.1 Å². The number of amides is 1. The lowest BCUT2D eigenvalue weighted by atomic mass is 10.2. The van der Waals surface area contributed by atoms with Crippen LogP contribution >= 0.6 is 12.2 Å². The third-order valence-corrected chi connectivity index (χ3v) is 4.62. The van der Waals surface area contributed by atoms with Crippen LogP contribution in [0.15, 0.2) is 18.2 Å². The third-order valence-electron chi connectivity index (χ3n) is 3.30. The molecule has 1 unspecified atom stereocenters. The Kier molecular flexibility index (Phi) is 2.91. The number of imidazole rings is 1. The van der Waals surface area contributed by atoms with Gasteiger partial charge in [0.25, 0.3) is 0 Å². The van der Waals surface area contributed by atoms with Crippen molar-refractivity contribution in [3.8, 4) is 0 Å². The maximum Gasteiger partial charge on any atom is 0.307 e. The normalized spacial score (nSPS) is 19.9. The van der Waals surface area contributed by atoms with E-state index in [1.54, 1.807) is 18.2 Å². The molecule has 9 heteroatoms. The number of benzene rings is 1. The van der Waals surface area contributed by atoms with Gasteiger partial charge >= 0.3 is 10.2 Å². The number of nitrogens with one attached hydrogen (secondary N) is 2. The van der Waals surface area contributed by atoms with E-state index in [0.29, 0.717) is 16.0 Å². The average Bonchev–Trinajstić information content (AvgIpc) is 2.89. The molecular formula is C11H10FN3O3S2. The highest BCUT2D eigenvalue weighted by atomic mass is 32.3. The van der Waals surface area contributed by atoms with E-state index in [4.69, 9.17) is 12.2 Å². The fourth-order valence-electron chi connectivity index (χ4n) is 2.30. The fraction of sp³-hybridized carbons (Fsp3) is 0.273. The Morgan fingerprint density at radius 3 is 2.65 bits per heavy atom. The molecule has 1 aliphatic heterocycles. The molecule has 0 saturated carbocycles. The second-order valence-corrected chi connectivity index (χ2v) is 6.64. The number of nitrogens with zero attached hydrogens (tertiary/aromatic N) is 1. The number of hydrogen-bond donors (Lipinski definition) is 2. The molecule has 3 rings (SSSR count). The van der Waals surface area contributed by atoms with Gasteiger partial charge in [-0.3, -0.25) is 4.79 Å². The predicted octanol–water partition coefficient (Wildman–Crippen LogP) is 1.63. The summed E-state index contributed by atoms with van der Waals surface area (Å²) in [4.78, 5) is 18.9. The zero-order chi connectivity index (χ0) is 14.5. The van der Waals surface area contributed by atoms with Crippen molar-refractivity contribution >= 4 is 45.1 Å². The monoisotopic (exact) mass is 315 g/mol. The summed E-state index contributed by atoms with van der Waals surface area (Å²) in [7, 11) is -4.71. The highest BCUT2D eigenvalue weighted by Crippen LogP contribution is 2.27. The van der Waals surface area contributed by atoms with Gasteiger partial charge in [-0.2, -0.15) is 8.42 Å². The van der Waals surface area contributed by atoms with Crippen LogP contribution in [0.2, 0.25) is 0 Å². The van der Waals surface area contributed by atoms with Crippen LogP contribution in [-0.2, 0) is 15.0 Å². The number of rotatable bonds is 2. The molecule has 1 fully saturated rings. The van der Waals surface area contributed by atoms with Crippen molar-refractivity contribution in [3.63, 3.8) is 0 Å². The number of aromatic nitrogens is 2. The average molecular weight is 315 g/mol. The molecule has 2 heterocycles. The van der Waals surface area contributed by atoms with Gasteiger partial charge in [-0.05, 0) is 30.4 Å². The summed E-state index contributed by atoms with van der Waals surface area (Å²) in [6.07, 6.45) is -0.333. The molecule has 1 atom stereocenters. The summed E-state index contributed by atoms with van der Waals surface area (Å²) < 4.78 is 35.2. The Balaban J connectivity index is 1.99. The van der Waals surface area contributed by atoms with E-state index in [0.717, 1.165) is 5.52 Å². The van der Waals surface area contributed by atoms with Crippen LogP contribution in [0.4, 0.5) is 9.57 Å². The van der Waals surface area contributed by atoms with Gasteiger partial charge < -0.3 is 14.9 Å². The number of hydrogen-bond acceptors (Lipinski definition) is 4. The lowest BCUT2D eigenvalue weighted by molar-refractivity contribution is -0.117. The largest absolute Gasteiger partial charge is 0.331 e. The van der Waals surface area contributed by atoms with E-state index < -0.39 is 21.4 Å². The second kappa shape index (κ2) is 4.38. The number of anilines is 1. The molecule has 0 aliphatic carbocycles. The zero-order valence-electron chi connectivity index (χ0n) is 10.1. The Morgan fingerprint density at radius 1 is 1.30 bits per heavy atom. The highest BCUT2D eigenvalue weighted by Gasteiger charge is 2.39. The molecule has 1 aromatic carbocycles. The first kappa shape index (κ1) is 13.3. The molecule has 0 spiro atoms. The summed E-state index contributed by atoms with van der Waals surface area (Å²) in [5.41, 5.74) is 1.99. The van der Waals surface area contributed by atoms with Crippen LogP contribution in [0.3, 0.4) is 0 Å². The van der Waals surface area contributed by atoms with Gasteiger partial charge in [0.1, 0.15) is 5.25 Å². The topological polar surface area (TPSA) is 86.0 Å². The molecule has 2 aromatic rings. The summed E-state index contributed by atoms with van der Waals surface area (Å²) in [6.45, 7) is -0.172. The number of halogens is 1. The molecule has 1 aromatic heterocycles. The standard InChI is InChI=1S/C11H10FN3O3S2/c12-20(17,18)7-4-10(16)15(5-7)6-1-2-8-9(3-6)14-11(19)13-8/h1-3,7H,4-5H2,(H2,13,14,19). The number of H-pyrrole nitrogens is 2. The SMILES string of the molecule is O=C1CC(S(=O)(=O)F)CN1c1ccc2[nH]c(=S)[nH]c2c1. The minimum Gasteiger partial charge on any atom is -0.331 e. The highest BCUT2D eigenvalue weighted by molar-refractivity contribution is 7.87. The summed E-state index contributed by atoms with van der Waals surface area (Å²) in [5.74, 6) is -0.412. The van der Waals surface area contributed by atoms with E-state index in [1.165, 1.54) is 4.90 Å². The van der Waals surface area contributed by atoms with Crippen molar-refractivity contribution in [2.24, 2.45) is 0 Å². The maximum atomic E-state index is 13.0. The Labute approximate surface area is 118 Å². The number of fused-ring (bicyclic) bond motifs is 1. The number of carbonyl (C=O) groups excluding carboxylic acids is 1. The molecule has 1 saturated heterocycles. The molecule has 1 aliphatic rings. The van der Waals surface area contributed by atoms with Gasteiger partial charge in [0.05, 0.1) is 11.0 Å². The molecular weight excluding hydrogens is 305 g/mol. The minimum absolute atomic E-state index is 0.172. The van der Waals surface area contributed by atoms with Crippen molar-refractivity contribution in [3.05, 3.63) is 23.0 Å². The van der Waals surface area contributed by atoms with Crippen molar-refractivity contribution in [1.29, 1.82) is 0 Å². The van der Waals surface area contributed by atoms with Crippen LogP contribution in [0.5, 0.6) is 0 Å². The minimum atomic E-state index is -4.71. The van der Waals surface area contributed by atoms with Crippen molar-refractivity contribution < 1.29 is 17.1 Å². The first-order valence-corrected chi connectivity index (χ1v) is 7.66. The van der Waals surface area contributed by atoms with Crippen molar-refractivity contribution in [2.75, 3.05) is 11.4 Å². The van der Waals surface area contributed by atoms with Crippen LogP contribution in [0.1, 0.15) is 6.42 Å². The van der Waals surface area contributed by atoms with Crippen molar-refractivity contribution in [1.82, 2.24) is 9.97 Å². The third kappa shape index (κ3) is 2.22. The van der Waals surface area contributed by atoms with Crippen LogP contribution in [0, 0.1) is 4.77 Å². The summed E-state index contributed by atoms with van der Waals surface area (Å²) in [6, 6.07) is 5.06. The molecule has 1 amide bonds. The first-order chi connectivity index (χ1) is 9.34. The van der Waals surface area contributed by atoms with Crippen LogP contribution in [-0.4, -0.2) is 36.1 Å². The van der Waals surface area contributed by atoms with Gasteiger partial charge in [0.2, 0.25) is 5.91 Å². The van der Waals surface area contributed by atoms with E-state index >= 15 is 0 Å². The molecule has 0 radical (unpaired) electrons. The van der Waals surface area contributed by atoms with E-state index in [1.807, 2.05) is 0 Å². The van der Waals surface area contributed by atoms with Gasteiger partial charge in [0.15, 0.2) is 4.77 Å². The smallest absolute Gasteiger partial charge is 0.307 e. The van der Waals surface area contributed by atoms with Gasteiger partial charge in [-0.15, -0.1) is 3.89 Å². The van der Waals surface area contributed by atoms with Crippen molar-refractivity contribution in [2.45, 2.75) is 11.7 Å². The molecule has 2 N–H and O–H groups in total. The van der Waals surface area contributed by atoms with Gasteiger partial charge in [-0.25, -0.2) is 0 Å². The second-order valence-electron chi connectivity index (χ2n) is 4.62. The Hall–Kier alpha value is -1.74. The molecule has 0 bridgehead atoms. The van der Waals surface area contributed by atoms with Crippen LogP contribution < -0.4 is 4.90 Å². The lowest BCUT2D eigenvalue weighted by Gasteiger charge is -2.15. The fourth-order valence-corrected chi connectivity index (χ4v) is 3.19. The Bertz CT molecular complexity index is 855. The molecule has 106 valence electrons. The quantitative estimate of drug-likeness (QED) is 0.651. The van der Waals surface area contributed by atoms with E-state index in [2.05, 4.69) is 9.97 Å². The zero-order valence-corrected chi connectivity index (χ0v) is 11.7. The maximum absolute atomic E-state index is 13.0. The molecule has 20 heavy (non-hydrogen) atoms. The summed E-state index contributed by atoms with van der Waals surface area (Å²) >= 11 is 4.96. The van der Waals surface area contributed by atoms with Gasteiger partial charge in [0, 0.05) is 18.7 Å². The first-order valence-electron chi connectivity index (χ1n) is 5.80.